The first-order valence-corrected chi connectivity index (χ1v) is 12.5. The van der Waals surface area contributed by atoms with Crippen LogP contribution in [-0.4, -0.2) is 59.6 Å². The van der Waals surface area contributed by atoms with Crippen molar-refractivity contribution in [2.24, 2.45) is 0 Å². The number of carbonyl (C=O) groups excluding carboxylic acids is 3. The molecule has 3 amide bonds. The Labute approximate surface area is 203 Å². The minimum Gasteiger partial charge on any atom is -0.372 e. The number of hydrogen-bond donors (Lipinski definition) is 2. The van der Waals surface area contributed by atoms with Crippen LogP contribution < -0.4 is 10.6 Å². The summed E-state index contributed by atoms with van der Waals surface area (Å²) in [5, 5.41) is 5.86. The van der Waals surface area contributed by atoms with Crippen molar-refractivity contribution >= 4 is 23.3 Å². The predicted octanol–water partition coefficient (Wildman–Crippen LogP) is 3.02. The van der Waals surface area contributed by atoms with Crippen LogP contribution in [0.4, 0.5) is 8.78 Å². The van der Waals surface area contributed by atoms with Crippen molar-refractivity contribution in [2.45, 2.75) is 88.3 Å². The fraction of sp³-hybridized carbons (Fsp3) is 0.577. The summed E-state index contributed by atoms with van der Waals surface area (Å²) < 4.78 is 35.4. The largest absolute Gasteiger partial charge is 0.372 e. The number of imide groups is 1. The van der Waals surface area contributed by atoms with Gasteiger partial charge in [-0.3, -0.25) is 19.7 Å². The average molecular weight is 488 g/mol. The zero-order valence-corrected chi connectivity index (χ0v) is 19.7. The van der Waals surface area contributed by atoms with Gasteiger partial charge in [-0.2, -0.15) is 0 Å². The third-order valence-corrected chi connectivity index (χ3v) is 7.77. The number of carbonyl (C=O) groups is 3. The molecule has 2 saturated heterocycles. The molecule has 1 aliphatic carbocycles. The summed E-state index contributed by atoms with van der Waals surface area (Å²) in [6.45, 7) is 4.69. The van der Waals surface area contributed by atoms with E-state index in [1.54, 1.807) is 12.1 Å². The lowest BCUT2D eigenvalue weighted by molar-refractivity contribution is -0.136. The standard InChI is InChI=1S/C26H31F2N3O4/c1-14(24-20(3-2-12-35-24)29-16-6-4-15(27)5-7-16)17-8-9-18-19(23(17)28)13-31(26(18)34)21-10-11-22(32)30-25(21)33/h8-9,15-16,20-21,24,29H,1-7,10-13H2,(H,30,32,33)/t15?,16?,20-,21?,24+/m0/s1. The van der Waals surface area contributed by atoms with E-state index in [4.69, 9.17) is 4.74 Å². The Hall–Kier alpha value is -2.65. The van der Waals surface area contributed by atoms with E-state index in [2.05, 4.69) is 17.2 Å². The van der Waals surface area contributed by atoms with Crippen LogP contribution in [0.5, 0.6) is 0 Å². The van der Waals surface area contributed by atoms with Crippen molar-refractivity contribution < 1.29 is 27.9 Å². The van der Waals surface area contributed by atoms with E-state index in [-0.39, 0.29) is 48.5 Å². The second-order valence-electron chi connectivity index (χ2n) is 10.0. The molecule has 4 aliphatic rings. The van der Waals surface area contributed by atoms with Gasteiger partial charge in [-0.05, 0) is 56.6 Å². The molecule has 1 unspecified atom stereocenters. The van der Waals surface area contributed by atoms with E-state index in [1.807, 2.05) is 0 Å². The maximum atomic E-state index is 15.8. The van der Waals surface area contributed by atoms with Crippen LogP contribution in [-0.2, 0) is 20.9 Å². The van der Waals surface area contributed by atoms with Crippen molar-refractivity contribution in [1.29, 1.82) is 0 Å². The molecule has 3 fully saturated rings. The number of nitrogens with one attached hydrogen (secondary N) is 2. The fourth-order valence-electron chi connectivity index (χ4n) is 5.82. The highest BCUT2D eigenvalue weighted by atomic mass is 19.1. The number of ether oxygens (including phenoxy) is 1. The van der Waals surface area contributed by atoms with Crippen LogP contribution in [0.2, 0.25) is 0 Å². The minimum absolute atomic E-state index is 0.0347. The van der Waals surface area contributed by atoms with Gasteiger partial charge in [0.05, 0.1) is 12.6 Å². The number of hydrogen-bond acceptors (Lipinski definition) is 5. The summed E-state index contributed by atoms with van der Waals surface area (Å²) in [7, 11) is 0. The van der Waals surface area contributed by atoms with E-state index in [0.29, 0.717) is 30.6 Å². The SMILES string of the molecule is C=C(c1ccc2c(c1F)CN(C1CCC(=O)NC1=O)C2=O)[C@H]1OCCC[C@@H]1NC1CCC(F)CC1. The van der Waals surface area contributed by atoms with Gasteiger partial charge in [-0.15, -0.1) is 0 Å². The van der Waals surface area contributed by atoms with Gasteiger partial charge in [0.25, 0.3) is 5.91 Å². The number of benzene rings is 1. The highest BCUT2D eigenvalue weighted by Crippen LogP contribution is 2.35. The van der Waals surface area contributed by atoms with Crippen molar-refractivity contribution in [2.75, 3.05) is 6.61 Å². The normalized spacial score (nSPS) is 31.3. The van der Waals surface area contributed by atoms with Crippen molar-refractivity contribution in [3.05, 3.63) is 41.2 Å². The van der Waals surface area contributed by atoms with Crippen LogP contribution in [0.3, 0.4) is 0 Å². The first-order valence-electron chi connectivity index (χ1n) is 12.5. The van der Waals surface area contributed by atoms with Crippen LogP contribution >= 0.6 is 0 Å². The number of amides is 3. The lowest BCUT2D eigenvalue weighted by Gasteiger charge is -2.38. The number of fused-ring (bicyclic) bond motifs is 1. The van der Waals surface area contributed by atoms with E-state index >= 15 is 4.39 Å². The first-order chi connectivity index (χ1) is 16.8. The van der Waals surface area contributed by atoms with E-state index in [0.717, 1.165) is 25.7 Å². The van der Waals surface area contributed by atoms with Crippen LogP contribution in [0, 0.1) is 5.82 Å². The Kier molecular flexibility index (Phi) is 6.72. The third kappa shape index (κ3) is 4.63. The van der Waals surface area contributed by atoms with Crippen LogP contribution in [0.15, 0.2) is 18.7 Å². The van der Waals surface area contributed by atoms with Gasteiger partial charge in [0.1, 0.15) is 18.0 Å². The van der Waals surface area contributed by atoms with Crippen LogP contribution in [0.1, 0.15) is 72.9 Å². The number of nitrogens with zero attached hydrogens (tertiary/aromatic N) is 1. The van der Waals surface area contributed by atoms with Crippen molar-refractivity contribution in [1.82, 2.24) is 15.5 Å². The summed E-state index contributed by atoms with van der Waals surface area (Å²) in [6, 6.07) is 2.50. The molecular weight excluding hydrogens is 456 g/mol. The number of alkyl halides is 1. The molecule has 1 saturated carbocycles. The molecule has 1 aromatic carbocycles. The highest BCUT2D eigenvalue weighted by molar-refractivity contribution is 6.05. The summed E-state index contributed by atoms with van der Waals surface area (Å²) in [5.41, 5.74) is 1.27. The summed E-state index contributed by atoms with van der Waals surface area (Å²) in [4.78, 5) is 38.1. The second-order valence-corrected chi connectivity index (χ2v) is 10.0. The van der Waals surface area contributed by atoms with E-state index in [1.165, 1.54) is 4.90 Å². The number of halogens is 2. The Morgan fingerprint density at radius 1 is 1.11 bits per heavy atom. The molecule has 0 bridgehead atoms. The predicted molar refractivity (Wildman–Crippen MR) is 125 cm³/mol. The zero-order chi connectivity index (χ0) is 24.7. The van der Waals surface area contributed by atoms with Crippen LogP contribution in [0.25, 0.3) is 5.57 Å². The monoisotopic (exact) mass is 487 g/mol. The summed E-state index contributed by atoms with van der Waals surface area (Å²) in [6.07, 6.45) is 3.57. The van der Waals surface area contributed by atoms with Gasteiger partial charge in [-0.25, -0.2) is 8.78 Å². The van der Waals surface area contributed by atoms with E-state index < -0.39 is 35.9 Å². The topological polar surface area (TPSA) is 87.7 Å². The Bertz CT molecular complexity index is 1050. The zero-order valence-electron chi connectivity index (χ0n) is 19.7. The number of rotatable bonds is 5. The molecule has 1 aromatic rings. The molecule has 188 valence electrons. The molecule has 35 heavy (non-hydrogen) atoms. The molecule has 3 aliphatic heterocycles. The molecule has 0 aromatic heterocycles. The number of piperidine rings is 1. The molecular formula is C26H31F2N3O4. The van der Waals surface area contributed by atoms with E-state index in [9.17, 15) is 18.8 Å². The highest BCUT2D eigenvalue weighted by Gasteiger charge is 2.41. The Morgan fingerprint density at radius 3 is 2.63 bits per heavy atom. The van der Waals surface area contributed by atoms with Gasteiger partial charge in [0.15, 0.2) is 0 Å². The second kappa shape index (κ2) is 9.78. The van der Waals surface area contributed by atoms with Gasteiger partial charge in [0.2, 0.25) is 11.8 Å². The third-order valence-electron chi connectivity index (χ3n) is 7.77. The maximum absolute atomic E-state index is 15.8. The smallest absolute Gasteiger partial charge is 0.255 e. The molecule has 0 radical (unpaired) electrons. The molecule has 2 N–H and O–H groups in total. The fourth-order valence-corrected chi connectivity index (χ4v) is 5.82. The summed E-state index contributed by atoms with van der Waals surface area (Å²) in [5.74, 6) is -1.84. The van der Waals surface area contributed by atoms with Gasteiger partial charge >= 0.3 is 0 Å². The van der Waals surface area contributed by atoms with Gasteiger partial charge in [0, 0.05) is 41.8 Å². The molecule has 0 spiro atoms. The average Bonchev–Trinajstić information content (AvgIpc) is 3.18. The molecule has 7 nitrogen and oxygen atoms in total. The Morgan fingerprint density at radius 2 is 1.89 bits per heavy atom. The lowest BCUT2D eigenvalue weighted by Crippen LogP contribution is -2.52. The van der Waals surface area contributed by atoms with Crippen molar-refractivity contribution in [3.63, 3.8) is 0 Å². The summed E-state index contributed by atoms with van der Waals surface area (Å²) >= 11 is 0. The molecule has 5 rings (SSSR count). The molecule has 3 heterocycles. The molecule has 9 heteroatoms. The maximum Gasteiger partial charge on any atom is 0.255 e. The first kappa shape index (κ1) is 24.1. The van der Waals surface area contributed by atoms with Crippen molar-refractivity contribution in [3.8, 4) is 0 Å². The van der Waals surface area contributed by atoms with Gasteiger partial charge in [-0.1, -0.05) is 12.6 Å². The lowest BCUT2D eigenvalue weighted by atomic mass is 9.88. The quantitative estimate of drug-likeness (QED) is 0.624. The minimum atomic E-state index is -0.798. The molecule has 3 atom stereocenters. The Balaban J connectivity index is 1.34. The van der Waals surface area contributed by atoms with Gasteiger partial charge < -0.3 is 15.0 Å².